The van der Waals surface area contributed by atoms with Gasteiger partial charge in [0.1, 0.15) is 11.3 Å². The maximum atomic E-state index is 6.06. The van der Waals surface area contributed by atoms with E-state index in [4.69, 9.17) is 10.2 Å². The van der Waals surface area contributed by atoms with E-state index >= 15 is 0 Å². The van der Waals surface area contributed by atoms with E-state index in [1.807, 2.05) is 12.1 Å². The first-order valence-electron chi connectivity index (χ1n) is 5.62. The van der Waals surface area contributed by atoms with Gasteiger partial charge < -0.3 is 10.2 Å². The number of halogens is 1. The van der Waals surface area contributed by atoms with E-state index in [1.54, 1.807) is 0 Å². The molecule has 2 N–H and O–H groups in total. The monoisotopic (exact) mass is 279 g/mol. The number of benzene rings is 1. The largest absolute Gasteiger partial charge is 0.461 e. The van der Waals surface area contributed by atoms with E-state index in [2.05, 4.69) is 28.1 Å². The summed E-state index contributed by atoms with van der Waals surface area (Å²) in [4.78, 5) is 0. The van der Waals surface area contributed by atoms with Crippen LogP contribution in [0.1, 0.15) is 25.0 Å². The van der Waals surface area contributed by atoms with Crippen molar-refractivity contribution in [1.29, 1.82) is 0 Å². The average Bonchev–Trinajstić information content (AvgIpc) is 2.85. The Morgan fingerprint density at radius 1 is 1.31 bits per heavy atom. The highest BCUT2D eigenvalue weighted by Gasteiger charge is 2.37. The van der Waals surface area contributed by atoms with Crippen molar-refractivity contribution in [2.24, 2.45) is 5.73 Å². The van der Waals surface area contributed by atoms with Crippen molar-refractivity contribution in [2.45, 2.75) is 31.2 Å². The number of furan rings is 1. The lowest BCUT2D eigenvalue weighted by molar-refractivity contribution is 0.507. The standard InChI is InChI=1S/C13H14BrNO/c14-10-2-1-9-7-11(16-12(9)8-10)3-4-13(15)5-6-13/h1-2,7-8H,3-6,15H2. The summed E-state index contributed by atoms with van der Waals surface area (Å²) in [5.74, 6) is 1.05. The molecule has 1 heterocycles. The van der Waals surface area contributed by atoms with Crippen LogP contribution in [0.4, 0.5) is 0 Å². The molecule has 0 spiro atoms. The van der Waals surface area contributed by atoms with E-state index in [0.717, 1.165) is 28.7 Å². The summed E-state index contributed by atoms with van der Waals surface area (Å²) in [7, 11) is 0. The summed E-state index contributed by atoms with van der Waals surface area (Å²) in [6, 6.07) is 8.23. The highest BCUT2D eigenvalue weighted by Crippen LogP contribution is 2.37. The molecule has 0 bridgehead atoms. The van der Waals surface area contributed by atoms with Crippen LogP contribution in [0, 0.1) is 0 Å². The molecule has 0 radical (unpaired) electrons. The van der Waals surface area contributed by atoms with Gasteiger partial charge in [0.2, 0.25) is 0 Å². The van der Waals surface area contributed by atoms with Crippen LogP contribution >= 0.6 is 15.9 Å². The molecule has 1 aromatic heterocycles. The van der Waals surface area contributed by atoms with Gasteiger partial charge in [0, 0.05) is 21.8 Å². The first kappa shape index (κ1) is 10.4. The second kappa shape index (κ2) is 3.60. The lowest BCUT2D eigenvalue weighted by Gasteiger charge is -2.04. The number of aryl methyl sites for hydroxylation is 1. The van der Waals surface area contributed by atoms with Crippen LogP contribution < -0.4 is 5.73 Å². The van der Waals surface area contributed by atoms with Gasteiger partial charge in [-0.1, -0.05) is 15.9 Å². The molecule has 2 nitrogen and oxygen atoms in total. The molecule has 1 fully saturated rings. The molecule has 0 unspecified atom stereocenters. The van der Waals surface area contributed by atoms with Gasteiger partial charge in [-0.25, -0.2) is 0 Å². The van der Waals surface area contributed by atoms with Crippen LogP contribution in [-0.2, 0) is 6.42 Å². The molecule has 0 aliphatic heterocycles. The zero-order valence-corrected chi connectivity index (χ0v) is 10.6. The molecule has 1 aliphatic carbocycles. The van der Waals surface area contributed by atoms with Crippen molar-refractivity contribution in [2.75, 3.05) is 0 Å². The van der Waals surface area contributed by atoms with Crippen LogP contribution in [0.3, 0.4) is 0 Å². The van der Waals surface area contributed by atoms with Crippen LogP contribution in [0.15, 0.2) is 33.2 Å². The predicted molar refractivity (Wildman–Crippen MR) is 68.4 cm³/mol. The second-order valence-corrected chi connectivity index (χ2v) is 5.67. The Morgan fingerprint density at radius 2 is 2.12 bits per heavy atom. The molecule has 0 saturated heterocycles. The fraction of sp³-hybridized carbons (Fsp3) is 0.385. The van der Waals surface area contributed by atoms with E-state index in [-0.39, 0.29) is 5.54 Å². The summed E-state index contributed by atoms with van der Waals surface area (Å²) in [5.41, 5.74) is 7.12. The van der Waals surface area contributed by atoms with E-state index in [0.29, 0.717) is 0 Å². The van der Waals surface area contributed by atoms with E-state index in [9.17, 15) is 0 Å². The van der Waals surface area contributed by atoms with Crippen molar-refractivity contribution in [3.63, 3.8) is 0 Å². The van der Waals surface area contributed by atoms with Crippen molar-refractivity contribution >= 4 is 26.9 Å². The number of hydrogen-bond donors (Lipinski definition) is 1. The van der Waals surface area contributed by atoms with Crippen molar-refractivity contribution in [3.8, 4) is 0 Å². The summed E-state index contributed by atoms with van der Waals surface area (Å²) in [6.07, 6.45) is 4.31. The molecular weight excluding hydrogens is 266 g/mol. The van der Waals surface area contributed by atoms with Crippen LogP contribution in [-0.4, -0.2) is 5.54 Å². The number of fused-ring (bicyclic) bond motifs is 1. The summed E-state index contributed by atoms with van der Waals surface area (Å²) in [5, 5.41) is 1.17. The van der Waals surface area contributed by atoms with Gasteiger partial charge in [-0.15, -0.1) is 0 Å². The molecule has 1 aromatic carbocycles. The first-order valence-corrected chi connectivity index (χ1v) is 6.41. The number of rotatable bonds is 3. The molecule has 1 aliphatic rings. The molecule has 3 heteroatoms. The van der Waals surface area contributed by atoms with Crippen LogP contribution in [0.2, 0.25) is 0 Å². The molecule has 16 heavy (non-hydrogen) atoms. The zero-order valence-electron chi connectivity index (χ0n) is 9.00. The normalized spacial score (nSPS) is 17.9. The highest BCUT2D eigenvalue weighted by molar-refractivity contribution is 9.10. The molecule has 84 valence electrons. The van der Waals surface area contributed by atoms with Crippen molar-refractivity contribution in [1.82, 2.24) is 0 Å². The number of hydrogen-bond acceptors (Lipinski definition) is 2. The van der Waals surface area contributed by atoms with Gasteiger partial charge in [-0.2, -0.15) is 0 Å². The Labute approximate surface area is 103 Å². The third-order valence-electron chi connectivity index (χ3n) is 3.29. The van der Waals surface area contributed by atoms with Gasteiger partial charge >= 0.3 is 0 Å². The Balaban J connectivity index is 1.82. The van der Waals surface area contributed by atoms with Crippen LogP contribution in [0.5, 0.6) is 0 Å². The summed E-state index contributed by atoms with van der Waals surface area (Å²) in [6.45, 7) is 0. The Hall–Kier alpha value is -0.800. The Bertz CT molecular complexity index is 528. The quantitative estimate of drug-likeness (QED) is 0.932. The SMILES string of the molecule is NC1(CCc2cc3ccc(Br)cc3o2)CC1. The molecule has 0 atom stereocenters. The minimum Gasteiger partial charge on any atom is -0.461 e. The highest BCUT2D eigenvalue weighted by atomic mass is 79.9. The van der Waals surface area contributed by atoms with E-state index in [1.165, 1.54) is 18.2 Å². The number of nitrogens with two attached hydrogens (primary N) is 1. The average molecular weight is 280 g/mol. The van der Waals surface area contributed by atoms with Crippen molar-refractivity contribution < 1.29 is 4.42 Å². The third kappa shape index (κ3) is 2.02. The van der Waals surface area contributed by atoms with Gasteiger partial charge in [0.05, 0.1) is 0 Å². The minimum atomic E-state index is 0.111. The van der Waals surface area contributed by atoms with Gasteiger partial charge in [-0.05, 0) is 43.5 Å². The molecule has 1 saturated carbocycles. The van der Waals surface area contributed by atoms with Gasteiger partial charge in [0.25, 0.3) is 0 Å². The zero-order chi connectivity index (χ0) is 11.2. The molecule has 0 amide bonds. The summed E-state index contributed by atoms with van der Waals surface area (Å²) >= 11 is 3.44. The molecule has 3 rings (SSSR count). The van der Waals surface area contributed by atoms with E-state index < -0.39 is 0 Å². The lowest BCUT2D eigenvalue weighted by Crippen LogP contribution is -2.21. The predicted octanol–water partition coefficient (Wildman–Crippen LogP) is 3.62. The molecular formula is C13H14BrNO. The maximum absolute atomic E-state index is 6.06. The smallest absolute Gasteiger partial charge is 0.135 e. The molecule has 2 aromatic rings. The maximum Gasteiger partial charge on any atom is 0.135 e. The first-order chi connectivity index (χ1) is 7.65. The fourth-order valence-corrected chi connectivity index (χ4v) is 2.31. The Kier molecular flexibility index (Phi) is 2.33. The topological polar surface area (TPSA) is 39.2 Å². The van der Waals surface area contributed by atoms with Crippen LogP contribution in [0.25, 0.3) is 11.0 Å². The van der Waals surface area contributed by atoms with Crippen molar-refractivity contribution in [3.05, 3.63) is 34.5 Å². The second-order valence-electron chi connectivity index (χ2n) is 4.76. The Morgan fingerprint density at radius 3 is 2.88 bits per heavy atom. The fourth-order valence-electron chi connectivity index (χ4n) is 1.97. The summed E-state index contributed by atoms with van der Waals surface area (Å²) < 4.78 is 6.84. The third-order valence-corrected chi connectivity index (χ3v) is 3.79. The lowest BCUT2D eigenvalue weighted by atomic mass is 10.1. The van der Waals surface area contributed by atoms with Gasteiger partial charge in [-0.3, -0.25) is 0 Å². The minimum absolute atomic E-state index is 0.111. The van der Waals surface area contributed by atoms with Gasteiger partial charge in [0.15, 0.2) is 0 Å².